The molecule has 0 spiro atoms. The summed E-state index contributed by atoms with van der Waals surface area (Å²) in [7, 11) is 3.71. The zero-order chi connectivity index (χ0) is 23.7. The molecule has 0 aliphatic carbocycles. The van der Waals surface area contributed by atoms with Crippen molar-refractivity contribution in [3.05, 3.63) is 54.2 Å². The van der Waals surface area contributed by atoms with Crippen LogP contribution in [0.15, 0.2) is 43.0 Å². The van der Waals surface area contributed by atoms with Crippen LogP contribution >= 0.6 is 0 Å². The average Bonchev–Trinajstić information content (AvgIpc) is 3.32. The Kier molecular flexibility index (Phi) is 6.54. The van der Waals surface area contributed by atoms with Gasteiger partial charge in [-0.05, 0) is 63.1 Å². The third-order valence-corrected chi connectivity index (χ3v) is 5.82. The van der Waals surface area contributed by atoms with Crippen LogP contribution in [0.3, 0.4) is 0 Å². The molecule has 0 fully saturated rings. The second kappa shape index (κ2) is 9.37. The molecular formula is C26H33N5O2. The summed E-state index contributed by atoms with van der Waals surface area (Å²) < 4.78 is 15.8. The zero-order valence-electron chi connectivity index (χ0n) is 20.1. The first-order valence-electron chi connectivity index (χ1n) is 11.4. The maximum atomic E-state index is 6.11. The van der Waals surface area contributed by atoms with Crippen LogP contribution in [0.2, 0.25) is 0 Å². The van der Waals surface area contributed by atoms with Crippen molar-refractivity contribution in [2.75, 3.05) is 7.11 Å². The van der Waals surface area contributed by atoms with Gasteiger partial charge in [-0.1, -0.05) is 6.08 Å². The van der Waals surface area contributed by atoms with E-state index in [1.165, 1.54) is 0 Å². The van der Waals surface area contributed by atoms with Gasteiger partial charge in [-0.15, -0.1) is 6.58 Å². The molecule has 1 atom stereocenters. The van der Waals surface area contributed by atoms with Crippen LogP contribution in [0.5, 0.6) is 5.75 Å². The Morgan fingerprint density at radius 2 is 1.94 bits per heavy atom. The van der Waals surface area contributed by atoms with Crippen molar-refractivity contribution >= 4 is 22.1 Å². The number of pyridine rings is 1. The van der Waals surface area contributed by atoms with Crippen molar-refractivity contribution in [3.8, 4) is 17.3 Å². The number of aryl methyl sites for hydroxylation is 2. The number of fused-ring (bicyclic) bond motifs is 2. The Balaban J connectivity index is 1.91. The van der Waals surface area contributed by atoms with Crippen molar-refractivity contribution in [3.63, 3.8) is 0 Å². The molecule has 4 rings (SSSR count). The molecular weight excluding hydrogens is 414 g/mol. The normalized spacial score (nSPS) is 12.7. The second-order valence-electron chi connectivity index (χ2n) is 8.72. The largest absolute Gasteiger partial charge is 0.494 e. The van der Waals surface area contributed by atoms with Crippen LogP contribution in [0.1, 0.15) is 44.5 Å². The molecule has 0 bridgehead atoms. The predicted octanol–water partition coefficient (Wildman–Crippen LogP) is 5.12. The van der Waals surface area contributed by atoms with E-state index in [2.05, 4.69) is 33.9 Å². The van der Waals surface area contributed by atoms with E-state index in [-0.39, 0.29) is 12.1 Å². The SMILES string of the molecule is C=CCCn1c(-c2nc3cc(COC(C)C)cc(OC)c3n2C)cc2ccc([C@@H](C)N)nc21. The molecule has 0 radical (unpaired) electrons. The van der Waals surface area contributed by atoms with Crippen LogP contribution in [-0.2, 0) is 24.9 Å². The molecule has 2 N–H and O–H groups in total. The number of rotatable bonds is 9. The molecule has 1 aromatic carbocycles. The van der Waals surface area contributed by atoms with Crippen LogP contribution in [0.25, 0.3) is 33.6 Å². The van der Waals surface area contributed by atoms with Crippen LogP contribution in [-0.4, -0.2) is 32.3 Å². The molecule has 3 heterocycles. The number of benzene rings is 1. The minimum absolute atomic E-state index is 0.132. The third-order valence-electron chi connectivity index (χ3n) is 5.82. The average molecular weight is 448 g/mol. The number of aromatic nitrogens is 4. The van der Waals surface area contributed by atoms with Gasteiger partial charge >= 0.3 is 0 Å². The first-order chi connectivity index (χ1) is 15.8. The lowest BCUT2D eigenvalue weighted by molar-refractivity contribution is 0.0656. The smallest absolute Gasteiger partial charge is 0.157 e. The predicted molar refractivity (Wildman–Crippen MR) is 133 cm³/mol. The number of nitrogens with zero attached hydrogens (tertiary/aromatic N) is 4. The van der Waals surface area contributed by atoms with Crippen LogP contribution in [0, 0.1) is 0 Å². The van der Waals surface area contributed by atoms with E-state index in [1.807, 2.05) is 46.0 Å². The van der Waals surface area contributed by atoms with Crippen molar-refractivity contribution < 1.29 is 9.47 Å². The minimum atomic E-state index is -0.132. The van der Waals surface area contributed by atoms with Crippen molar-refractivity contribution in [1.82, 2.24) is 19.1 Å². The van der Waals surface area contributed by atoms with Gasteiger partial charge in [0.2, 0.25) is 0 Å². The highest BCUT2D eigenvalue weighted by molar-refractivity contribution is 5.89. The Labute approximate surface area is 194 Å². The van der Waals surface area contributed by atoms with E-state index >= 15 is 0 Å². The number of nitrogens with two attached hydrogens (primary N) is 1. The maximum absolute atomic E-state index is 6.11. The number of hydrogen-bond acceptors (Lipinski definition) is 5. The van der Waals surface area contributed by atoms with E-state index in [4.69, 9.17) is 25.2 Å². The number of methoxy groups -OCH3 is 1. The summed E-state index contributed by atoms with van der Waals surface area (Å²) in [5.74, 6) is 1.64. The topological polar surface area (TPSA) is 80.1 Å². The highest BCUT2D eigenvalue weighted by Gasteiger charge is 2.20. The number of ether oxygens (including phenoxy) is 2. The first kappa shape index (κ1) is 23.0. The van der Waals surface area contributed by atoms with Gasteiger partial charge in [0.15, 0.2) is 5.82 Å². The molecule has 0 saturated carbocycles. The van der Waals surface area contributed by atoms with Crippen molar-refractivity contribution in [2.45, 2.75) is 52.5 Å². The van der Waals surface area contributed by atoms with E-state index < -0.39 is 0 Å². The Morgan fingerprint density at radius 3 is 2.61 bits per heavy atom. The summed E-state index contributed by atoms with van der Waals surface area (Å²) in [6, 6.07) is 10.2. The van der Waals surface area contributed by atoms with Gasteiger partial charge in [-0.2, -0.15) is 0 Å². The summed E-state index contributed by atoms with van der Waals surface area (Å²) in [6.45, 7) is 11.2. The Morgan fingerprint density at radius 1 is 1.15 bits per heavy atom. The first-order valence-corrected chi connectivity index (χ1v) is 11.4. The molecule has 33 heavy (non-hydrogen) atoms. The molecule has 0 saturated heterocycles. The minimum Gasteiger partial charge on any atom is -0.494 e. The maximum Gasteiger partial charge on any atom is 0.157 e. The quantitative estimate of drug-likeness (QED) is 0.360. The van der Waals surface area contributed by atoms with E-state index in [9.17, 15) is 0 Å². The Hall–Kier alpha value is -3.16. The molecule has 0 amide bonds. The summed E-state index contributed by atoms with van der Waals surface area (Å²) in [6.07, 6.45) is 2.90. The lowest BCUT2D eigenvalue weighted by Crippen LogP contribution is -2.09. The van der Waals surface area contributed by atoms with Gasteiger partial charge < -0.3 is 24.3 Å². The van der Waals surface area contributed by atoms with E-state index in [0.717, 1.165) is 63.6 Å². The van der Waals surface area contributed by atoms with Crippen LogP contribution in [0.4, 0.5) is 0 Å². The van der Waals surface area contributed by atoms with Gasteiger partial charge in [-0.25, -0.2) is 9.97 Å². The molecule has 0 aliphatic rings. The highest BCUT2D eigenvalue weighted by Crippen LogP contribution is 2.34. The summed E-state index contributed by atoms with van der Waals surface area (Å²) in [5, 5.41) is 1.06. The zero-order valence-corrected chi connectivity index (χ0v) is 20.1. The summed E-state index contributed by atoms with van der Waals surface area (Å²) >= 11 is 0. The number of allylic oxidation sites excluding steroid dienone is 1. The van der Waals surface area contributed by atoms with Gasteiger partial charge in [-0.3, -0.25) is 0 Å². The number of hydrogen-bond donors (Lipinski definition) is 1. The molecule has 4 aromatic rings. The van der Waals surface area contributed by atoms with Gasteiger partial charge in [0, 0.05) is 25.0 Å². The summed E-state index contributed by atoms with van der Waals surface area (Å²) in [5.41, 5.74) is 11.7. The molecule has 0 aliphatic heterocycles. The Bertz CT molecular complexity index is 1300. The molecule has 174 valence electrons. The third kappa shape index (κ3) is 4.38. The van der Waals surface area contributed by atoms with Gasteiger partial charge in [0.05, 0.1) is 36.7 Å². The summed E-state index contributed by atoms with van der Waals surface area (Å²) in [4.78, 5) is 9.90. The fourth-order valence-corrected chi connectivity index (χ4v) is 4.12. The molecule has 3 aromatic heterocycles. The fraction of sp³-hybridized carbons (Fsp3) is 0.385. The van der Waals surface area contributed by atoms with Crippen molar-refractivity contribution in [1.29, 1.82) is 0 Å². The standard InChI is InChI=1S/C26H33N5O2/c1-7-8-11-31-22(14-19-9-10-20(17(4)27)28-25(19)31)26-29-21-12-18(15-33-16(2)3)13-23(32-6)24(21)30(26)5/h7,9-10,12-14,16-17H,1,8,11,15,27H2,2-6H3/t17-/m1/s1. The second-order valence-corrected chi connectivity index (χ2v) is 8.72. The van der Waals surface area contributed by atoms with E-state index in [0.29, 0.717) is 6.61 Å². The van der Waals surface area contributed by atoms with Crippen LogP contribution < -0.4 is 10.5 Å². The van der Waals surface area contributed by atoms with E-state index in [1.54, 1.807) is 7.11 Å². The number of imidazole rings is 1. The van der Waals surface area contributed by atoms with Crippen molar-refractivity contribution in [2.24, 2.45) is 12.8 Å². The van der Waals surface area contributed by atoms with Gasteiger partial charge in [0.25, 0.3) is 0 Å². The lowest BCUT2D eigenvalue weighted by atomic mass is 10.2. The lowest BCUT2D eigenvalue weighted by Gasteiger charge is -2.12. The molecule has 0 unspecified atom stereocenters. The highest BCUT2D eigenvalue weighted by atomic mass is 16.5. The van der Waals surface area contributed by atoms with Gasteiger partial charge in [0.1, 0.15) is 16.9 Å². The molecule has 7 nitrogen and oxygen atoms in total. The molecule has 7 heteroatoms. The monoisotopic (exact) mass is 447 g/mol. The fourth-order valence-electron chi connectivity index (χ4n) is 4.12.